The summed E-state index contributed by atoms with van der Waals surface area (Å²) in [7, 11) is 1.48. The van der Waals surface area contributed by atoms with Gasteiger partial charge in [-0.2, -0.15) is 0 Å². The number of aromatic nitrogens is 4. The Kier molecular flexibility index (Phi) is 3.22. The number of imidazole rings is 1. The minimum atomic E-state index is -0.277. The van der Waals surface area contributed by atoms with Crippen LogP contribution < -0.4 is 11.2 Å². The van der Waals surface area contributed by atoms with Crippen LogP contribution in [0, 0.1) is 0 Å². The van der Waals surface area contributed by atoms with Crippen LogP contribution in [0.5, 0.6) is 0 Å². The van der Waals surface area contributed by atoms with Gasteiger partial charge in [0, 0.05) is 44.8 Å². The maximum Gasteiger partial charge on any atom is 0.330 e. The first-order chi connectivity index (χ1) is 8.18. The average molecular weight is 234 g/mol. The summed E-state index contributed by atoms with van der Waals surface area (Å²) < 4.78 is 4.60. The van der Waals surface area contributed by atoms with E-state index in [1.54, 1.807) is 23.3 Å². The summed E-state index contributed by atoms with van der Waals surface area (Å²) in [5.41, 5.74) is -0.552. The van der Waals surface area contributed by atoms with E-state index in [2.05, 4.69) is 4.98 Å². The Hall–Kier alpha value is -2.11. The molecule has 2 rings (SSSR count). The van der Waals surface area contributed by atoms with Crippen LogP contribution in [0.1, 0.15) is 6.42 Å². The standard InChI is InChI=1S/C11H14N4O2/c1-13-10(16)3-7-15(11(13)17)6-2-5-14-8-4-12-9-14/h3-4,7-9H,2,5-6H2,1H3. The first kappa shape index (κ1) is 11.4. The van der Waals surface area contributed by atoms with Crippen LogP contribution in [0.3, 0.4) is 0 Å². The van der Waals surface area contributed by atoms with E-state index in [1.807, 2.05) is 10.8 Å². The second-order valence-electron chi connectivity index (χ2n) is 3.84. The zero-order chi connectivity index (χ0) is 12.3. The Morgan fingerprint density at radius 1 is 1.24 bits per heavy atom. The Balaban J connectivity index is 2.03. The molecule has 0 N–H and O–H groups in total. The maximum atomic E-state index is 11.7. The van der Waals surface area contributed by atoms with Crippen molar-refractivity contribution in [3.63, 3.8) is 0 Å². The van der Waals surface area contributed by atoms with Gasteiger partial charge in [-0.25, -0.2) is 9.78 Å². The minimum Gasteiger partial charge on any atom is -0.337 e. The van der Waals surface area contributed by atoms with Crippen molar-refractivity contribution in [2.45, 2.75) is 19.5 Å². The summed E-state index contributed by atoms with van der Waals surface area (Å²) in [5, 5.41) is 0. The number of hydrogen-bond donors (Lipinski definition) is 0. The monoisotopic (exact) mass is 234 g/mol. The molecule has 90 valence electrons. The van der Waals surface area contributed by atoms with Crippen molar-refractivity contribution in [1.29, 1.82) is 0 Å². The first-order valence-corrected chi connectivity index (χ1v) is 5.41. The van der Waals surface area contributed by atoms with Gasteiger partial charge in [0.25, 0.3) is 5.56 Å². The Labute approximate surface area is 97.8 Å². The van der Waals surface area contributed by atoms with E-state index < -0.39 is 0 Å². The van der Waals surface area contributed by atoms with Gasteiger partial charge in [-0.15, -0.1) is 0 Å². The molecule has 0 atom stereocenters. The molecule has 0 amide bonds. The third kappa shape index (κ3) is 2.52. The van der Waals surface area contributed by atoms with E-state index in [1.165, 1.54) is 13.1 Å². The highest BCUT2D eigenvalue weighted by molar-refractivity contribution is 4.85. The van der Waals surface area contributed by atoms with E-state index in [9.17, 15) is 9.59 Å². The Morgan fingerprint density at radius 2 is 2.06 bits per heavy atom. The van der Waals surface area contributed by atoms with Gasteiger partial charge in [0.05, 0.1) is 6.33 Å². The quantitative estimate of drug-likeness (QED) is 0.738. The lowest BCUT2D eigenvalue weighted by molar-refractivity contribution is 0.527. The SMILES string of the molecule is Cn1c(=O)ccn(CCCn2ccnc2)c1=O. The Bertz CT molecular complexity index is 595. The molecule has 0 unspecified atom stereocenters. The molecule has 6 nitrogen and oxygen atoms in total. The van der Waals surface area contributed by atoms with Crippen molar-refractivity contribution in [1.82, 2.24) is 18.7 Å². The third-order valence-corrected chi connectivity index (χ3v) is 2.63. The van der Waals surface area contributed by atoms with Gasteiger partial charge >= 0.3 is 5.69 Å². The van der Waals surface area contributed by atoms with Gasteiger partial charge in [-0.1, -0.05) is 0 Å². The lowest BCUT2D eigenvalue weighted by Gasteiger charge is -2.07. The van der Waals surface area contributed by atoms with E-state index in [0.29, 0.717) is 6.54 Å². The van der Waals surface area contributed by atoms with Crippen LogP contribution in [-0.2, 0) is 20.1 Å². The molecule has 2 aromatic heterocycles. The van der Waals surface area contributed by atoms with Crippen molar-refractivity contribution < 1.29 is 0 Å². The van der Waals surface area contributed by atoms with Crippen LogP contribution in [0.15, 0.2) is 40.6 Å². The molecule has 0 aliphatic heterocycles. The summed E-state index contributed by atoms with van der Waals surface area (Å²) in [4.78, 5) is 26.8. The van der Waals surface area contributed by atoms with Crippen molar-refractivity contribution >= 4 is 0 Å². The molecule has 0 spiro atoms. The van der Waals surface area contributed by atoms with E-state index in [4.69, 9.17) is 0 Å². The molecule has 2 heterocycles. The molecule has 0 aliphatic rings. The van der Waals surface area contributed by atoms with Gasteiger partial charge in [0.1, 0.15) is 0 Å². The van der Waals surface area contributed by atoms with Gasteiger partial charge in [-0.3, -0.25) is 9.36 Å². The highest BCUT2D eigenvalue weighted by Gasteiger charge is 2.00. The minimum absolute atomic E-state index is 0.275. The summed E-state index contributed by atoms with van der Waals surface area (Å²) in [6.45, 7) is 1.39. The van der Waals surface area contributed by atoms with Crippen molar-refractivity contribution in [3.8, 4) is 0 Å². The maximum absolute atomic E-state index is 11.7. The second kappa shape index (κ2) is 4.82. The van der Waals surface area contributed by atoms with Gasteiger partial charge in [0.2, 0.25) is 0 Å². The molecule has 0 bridgehead atoms. The van der Waals surface area contributed by atoms with Crippen LogP contribution >= 0.6 is 0 Å². The van der Waals surface area contributed by atoms with Gasteiger partial charge < -0.3 is 9.13 Å². The number of nitrogens with zero attached hydrogens (tertiary/aromatic N) is 4. The summed E-state index contributed by atoms with van der Waals surface area (Å²) in [6, 6.07) is 1.40. The predicted octanol–water partition coefficient (Wildman–Crippen LogP) is -0.166. The highest BCUT2D eigenvalue weighted by Crippen LogP contribution is 1.92. The van der Waals surface area contributed by atoms with Crippen LogP contribution in [-0.4, -0.2) is 18.7 Å². The molecule has 0 aliphatic carbocycles. The highest BCUT2D eigenvalue weighted by atomic mass is 16.2. The summed E-state index contributed by atoms with van der Waals surface area (Å²) >= 11 is 0. The fourth-order valence-electron chi connectivity index (χ4n) is 1.63. The smallest absolute Gasteiger partial charge is 0.330 e. The third-order valence-electron chi connectivity index (χ3n) is 2.63. The predicted molar refractivity (Wildman–Crippen MR) is 62.8 cm³/mol. The second-order valence-corrected chi connectivity index (χ2v) is 3.84. The fourth-order valence-corrected chi connectivity index (χ4v) is 1.63. The van der Waals surface area contributed by atoms with Gasteiger partial charge in [0.15, 0.2) is 0 Å². The summed E-state index contributed by atoms with van der Waals surface area (Å²) in [6.07, 6.45) is 7.69. The van der Waals surface area contributed by atoms with E-state index in [-0.39, 0.29) is 11.2 Å². The lowest BCUT2D eigenvalue weighted by Crippen LogP contribution is -2.37. The van der Waals surface area contributed by atoms with Crippen LogP contribution in [0.2, 0.25) is 0 Å². The number of hydrogen-bond acceptors (Lipinski definition) is 3. The normalized spacial score (nSPS) is 10.6. The van der Waals surface area contributed by atoms with Gasteiger partial charge in [-0.05, 0) is 6.42 Å². The molecule has 6 heteroatoms. The molecule has 0 saturated carbocycles. The number of rotatable bonds is 4. The molecule has 0 radical (unpaired) electrons. The van der Waals surface area contributed by atoms with Crippen LogP contribution in [0.25, 0.3) is 0 Å². The molecular formula is C11H14N4O2. The van der Waals surface area contributed by atoms with Crippen molar-refractivity contribution in [2.24, 2.45) is 7.05 Å². The van der Waals surface area contributed by atoms with Crippen molar-refractivity contribution in [2.75, 3.05) is 0 Å². The number of aryl methyl sites for hydroxylation is 2. The van der Waals surface area contributed by atoms with E-state index >= 15 is 0 Å². The molecule has 0 aromatic carbocycles. The zero-order valence-electron chi connectivity index (χ0n) is 9.61. The molecular weight excluding hydrogens is 220 g/mol. The molecule has 17 heavy (non-hydrogen) atoms. The molecule has 0 saturated heterocycles. The Morgan fingerprint density at radius 3 is 2.76 bits per heavy atom. The topological polar surface area (TPSA) is 61.8 Å². The van der Waals surface area contributed by atoms with Crippen molar-refractivity contribution in [3.05, 3.63) is 51.8 Å². The zero-order valence-corrected chi connectivity index (χ0v) is 9.61. The first-order valence-electron chi connectivity index (χ1n) is 5.41. The van der Waals surface area contributed by atoms with E-state index in [0.717, 1.165) is 17.5 Å². The fraction of sp³-hybridized carbons (Fsp3) is 0.364. The average Bonchev–Trinajstić information content (AvgIpc) is 2.82. The lowest BCUT2D eigenvalue weighted by atomic mass is 10.4. The largest absolute Gasteiger partial charge is 0.337 e. The molecule has 2 aromatic rings. The molecule has 0 fully saturated rings. The summed E-state index contributed by atoms with van der Waals surface area (Å²) in [5.74, 6) is 0. The van der Waals surface area contributed by atoms with Crippen LogP contribution in [0.4, 0.5) is 0 Å².